The zero-order valence-electron chi connectivity index (χ0n) is 13.2. The molecule has 22 heavy (non-hydrogen) atoms. The highest BCUT2D eigenvalue weighted by atomic mass is 79.9. The van der Waals surface area contributed by atoms with E-state index < -0.39 is 7.26 Å². The van der Waals surface area contributed by atoms with Crippen LogP contribution in [0.5, 0.6) is 0 Å². The molecule has 1 unspecified atom stereocenters. The molecular weight excluding hydrogens is 351 g/mol. The molecular formula is C20H23BrP+. The molecule has 114 valence electrons. The van der Waals surface area contributed by atoms with Gasteiger partial charge in [0.2, 0.25) is 0 Å². The summed E-state index contributed by atoms with van der Waals surface area (Å²) in [6.07, 6.45) is 10.2. The Bertz CT molecular complexity index is 577. The second-order valence-electron chi connectivity index (χ2n) is 5.36. The Kier molecular flexibility index (Phi) is 6.61. The average molecular weight is 374 g/mol. The van der Waals surface area contributed by atoms with Gasteiger partial charge in [0.15, 0.2) is 0 Å². The summed E-state index contributed by atoms with van der Waals surface area (Å²) in [5, 5.41) is 2.99. The summed E-state index contributed by atoms with van der Waals surface area (Å²) < 4.78 is 0. The lowest BCUT2D eigenvalue weighted by Gasteiger charge is -2.30. The van der Waals surface area contributed by atoms with E-state index in [-0.39, 0.29) is 0 Å². The summed E-state index contributed by atoms with van der Waals surface area (Å²) in [5.74, 6) is 1.81. The van der Waals surface area contributed by atoms with Crippen molar-refractivity contribution in [1.82, 2.24) is 0 Å². The Labute approximate surface area is 143 Å². The zero-order chi connectivity index (χ0) is 15.8. The lowest BCUT2D eigenvalue weighted by molar-refractivity contribution is 1.04. The summed E-state index contributed by atoms with van der Waals surface area (Å²) >= 11 is 2.94. The first-order chi connectivity index (χ1) is 10.8. The van der Waals surface area contributed by atoms with E-state index >= 15 is 0 Å². The molecule has 0 fully saturated rings. The van der Waals surface area contributed by atoms with Crippen LogP contribution in [0.1, 0.15) is 6.42 Å². The van der Waals surface area contributed by atoms with Gasteiger partial charge in [0.25, 0.3) is 0 Å². The first-order valence-corrected chi connectivity index (χ1v) is 11.4. The summed E-state index contributed by atoms with van der Waals surface area (Å²) in [6.45, 7) is 2.48. The monoisotopic (exact) mass is 373 g/mol. The van der Waals surface area contributed by atoms with E-state index in [1.54, 1.807) is 0 Å². The van der Waals surface area contributed by atoms with E-state index in [9.17, 15) is 0 Å². The minimum Gasteiger partial charge on any atom is -0.0966 e. The van der Waals surface area contributed by atoms with Gasteiger partial charge in [0, 0.05) is 6.42 Å². The van der Waals surface area contributed by atoms with Crippen molar-refractivity contribution in [3.05, 3.63) is 85.0 Å². The molecule has 0 radical (unpaired) electrons. The van der Waals surface area contributed by atoms with E-state index in [4.69, 9.17) is 0 Å². The average Bonchev–Trinajstić information content (AvgIpc) is 2.65. The van der Waals surface area contributed by atoms with Crippen molar-refractivity contribution in [2.75, 3.05) is 12.5 Å². The second-order valence-corrected chi connectivity index (χ2v) is 9.21. The number of alkyl halides is 1. The summed E-state index contributed by atoms with van der Waals surface area (Å²) in [6, 6.07) is 22.1. The molecule has 3 rings (SSSR count). The first-order valence-electron chi connectivity index (χ1n) is 7.50. The van der Waals surface area contributed by atoms with E-state index in [0.29, 0.717) is 5.66 Å². The van der Waals surface area contributed by atoms with Gasteiger partial charge in [0.1, 0.15) is 5.66 Å². The molecule has 2 heteroatoms. The number of allylic oxidation sites excluding steroid dienone is 4. The topological polar surface area (TPSA) is 0 Å². The van der Waals surface area contributed by atoms with Gasteiger partial charge in [-0.3, -0.25) is 0 Å². The van der Waals surface area contributed by atoms with Crippen LogP contribution in [0.3, 0.4) is 0 Å². The third-order valence-electron chi connectivity index (χ3n) is 4.21. The third-order valence-corrected chi connectivity index (χ3v) is 8.66. The van der Waals surface area contributed by atoms with Crippen molar-refractivity contribution in [2.24, 2.45) is 0 Å². The minimum absolute atomic E-state index is 0.609. The van der Waals surface area contributed by atoms with Crippen LogP contribution >= 0.6 is 23.2 Å². The molecule has 0 bridgehead atoms. The maximum Gasteiger partial charge on any atom is 0.100 e. The Morgan fingerprint density at radius 3 is 1.73 bits per heavy atom. The molecule has 0 spiro atoms. The normalized spacial score (nSPS) is 16.8. The van der Waals surface area contributed by atoms with Crippen molar-refractivity contribution in [1.29, 1.82) is 0 Å². The number of benzene rings is 2. The molecule has 0 saturated carbocycles. The van der Waals surface area contributed by atoms with Crippen LogP contribution in [0.2, 0.25) is 0 Å². The molecule has 0 heterocycles. The van der Waals surface area contributed by atoms with Crippen molar-refractivity contribution in [2.45, 2.75) is 12.1 Å². The Morgan fingerprint density at radius 1 is 0.818 bits per heavy atom. The molecule has 0 saturated heterocycles. The van der Waals surface area contributed by atoms with Gasteiger partial charge in [-0.1, -0.05) is 70.6 Å². The maximum atomic E-state index is 2.94. The predicted octanol–water partition coefficient (Wildman–Crippen LogP) is 5.18. The maximum absolute atomic E-state index is 2.94. The van der Waals surface area contributed by atoms with Crippen LogP contribution < -0.4 is 10.6 Å². The molecule has 1 aliphatic carbocycles. The van der Waals surface area contributed by atoms with Crippen LogP contribution in [0.15, 0.2) is 85.0 Å². The molecule has 1 atom stereocenters. The largest absolute Gasteiger partial charge is 0.100 e. The molecule has 2 aromatic rings. The zero-order valence-corrected chi connectivity index (χ0v) is 15.7. The highest BCUT2D eigenvalue weighted by Gasteiger charge is 2.43. The lowest BCUT2D eigenvalue weighted by Crippen LogP contribution is -2.30. The van der Waals surface area contributed by atoms with E-state index in [0.717, 1.165) is 6.42 Å². The van der Waals surface area contributed by atoms with Crippen molar-refractivity contribution in [3.8, 4) is 0 Å². The molecule has 0 nitrogen and oxygen atoms in total. The number of rotatable bonds is 3. The summed E-state index contributed by atoms with van der Waals surface area (Å²) in [7, 11) is -1.39. The third kappa shape index (κ3) is 3.59. The van der Waals surface area contributed by atoms with Crippen LogP contribution in [0, 0.1) is 0 Å². The SMILES string of the molecule is CBr.C[P+](c1ccccc1)(c1ccccc1)C1C=CC=CC1. The van der Waals surface area contributed by atoms with Crippen LogP contribution in [0.4, 0.5) is 0 Å². The first kappa shape index (κ1) is 17.2. The van der Waals surface area contributed by atoms with Gasteiger partial charge in [-0.2, -0.15) is 0 Å². The number of halogens is 1. The van der Waals surface area contributed by atoms with Crippen molar-refractivity contribution in [3.63, 3.8) is 0 Å². The van der Waals surface area contributed by atoms with Crippen LogP contribution in [-0.4, -0.2) is 18.2 Å². The highest BCUT2D eigenvalue weighted by Crippen LogP contribution is 2.59. The van der Waals surface area contributed by atoms with Crippen LogP contribution in [-0.2, 0) is 0 Å². The molecule has 0 N–H and O–H groups in total. The number of hydrogen-bond acceptors (Lipinski definition) is 0. The fourth-order valence-electron chi connectivity index (χ4n) is 2.96. The van der Waals surface area contributed by atoms with Gasteiger partial charge < -0.3 is 0 Å². The summed E-state index contributed by atoms with van der Waals surface area (Å²) in [4.78, 5) is 0. The van der Waals surface area contributed by atoms with Gasteiger partial charge in [0.05, 0.1) is 24.5 Å². The molecule has 0 amide bonds. The summed E-state index contributed by atoms with van der Waals surface area (Å²) in [5.41, 5.74) is 0.609. The van der Waals surface area contributed by atoms with E-state index in [1.165, 1.54) is 10.6 Å². The standard InChI is InChI=1S/C19H20P.CH3Br/c1-20(17-11-5-2-6-12-17,18-13-7-3-8-14-18)19-15-9-4-10-16-19;1-2/h2-15,19H,16H2,1H3;1H3/q+1;. The Morgan fingerprint density at radius 2 is 1.32 bits per heavy atom. The van der Waals surface area contributed by atoms with Crippen LogP contribution in [0.25, 0.3) is 0 Å². The van der Waals surface area contributed by atoms with Crippen molar-refractivity contribution >= 4 is 33.8 Å². The molecule has 0 aromatic heterocycles. The Balaban J connectivity index is 0.000000847. The number of hydrogen-bond donors (Lipinski definition) is 0. The smallest absolute Gasteiger partial charge is 0.0966 e. The van der Waals surface area contributed by atoms with Gasteiger partial charge in [-0.25, -0.2) is 0 Å². The second kappa shape index (κ2) is 8.46. The van der Waals surface area contributed by atoms with Crippen molar-refractivity contribution < 1.29 is 0 Å². The molecule has 0 aliphatic heterocycles. The minimum atomic E-state index is -1.39. The fraction of sp³-hybridized carbons (Fsp3) is 0.200. The molecule has 2 aromatic carbocycles. The van der Waals surface area contributed by atoms with Gasteiger partial charge in [-0.05, 0) is 36.2 Å². The highest BCUT2D eigenvalue weighted by molar-refractivity contribution is 9.08. The van der Waals surface area contributed by atoms with E-state index in [2.05, 4.69) is 108 Å². The predicted molar refractivity (Wildman–Crippen MR) is 107 cm³/mol. The van der Waals surface area contributed by atoms with Gasteiger partial charge >= 0.3 is 0 Å². The van der Waals surface area contributed by atoms with Gasteiger partial charge in [-0.15, -0.1) is 0 Å². The van der Waals surface area contributed by atoms with E-state index in [1.807, 2.05) is 5.83 Å². The Hall–Kier alpha value is -1.17. The lowest BCUT2D eigenvalue weighted by atomic mass is 10.2. The molecule has 1 aliphatic rings. The fourth-order valence-corrected chi connectivity index (χ4v) is 6.59. The quantitative estimate of drug-likeness (QED) is 0.513.